The molecule has 0 atom stereocenters. The first-order valence-electron chi connectivity index (χ1n) is 7.10. The van der Waals surface area contributed by atoms with Crippen molar-refractivity contribution in [2.75, 3.05) is 17.7 Å². The highest BCUT2D eigenvalue weighted by molar-refractivity contribution is 5.89. The number of anilines is 2. The van der Waals surface area contributed by atoms with Gasteiger partial charge in [-0.2, -0.15) is 0 Å². The van der Waals surface area contributed by atoms with Crippen LogP contribution < -0.4 is 15.8 Å². The van der Waals surface area contributed by atoms with Gasteiger partial charge in [0.15, 0.2) is 0 Å². The van der Waals surface area contributed by atoms with Crippen LogP contribution in [0.4, 0.5) is 16.2 Å². The van der Waals surface area contributed by atoms with Crippen LogP contribution in [0.5, 0.6) is 5.75 Å². The topological polar surface area (TPSA) is 73.6 Å². The summed E-state index contributed by atoms with van der Waals surface area (Å²) in [5.74, 6) is 0.646. The Hall–Kier alpha value is -2.69. The third-order valence-corrected chi connectivity index (χ3v) is 3.06. The summed E-state index contributed by atoms with van der Waals surface area (Å²) in [6, 6.07) is 13.3. The van der Waals surface area contributed by atoms with E-state index >= 15 is 0 Å². The number of nitrogen functional groups attached to an aromatic ring is 1. The summed E-state index contributed by atoms with van der Waals surface area (Å²) < 4.78 is 10.5. The molecule has 22 heavy (non-hydrogen) atoms. The maximum atomic E-state index is 11.4. The van der Waals surface area contributed by atoms with E-state index in [9.17, 15) is 4.79 Å². The summed E-state index contributed by atoms with van der Waals surface area (Å²) >= 11 is 0. The zero-order valence-electron chi connectivity index (χ0n) is 12.8. The van der Waals surface area contributed by atoms with Crippen molar-refractivity contribution in [3.63, 3.8) is 0 Å². The Morgan fingerprint density at radius 1 is 1.18 bits per heavy atom. The third-order valence-electron chi connectivity index (χ3n) is 3.06. The second kappa shape index (κ2) is 7.36. The summed E-state index contributed by atoms with van der Waals surface area (Å²) in [6.45, 7) is 4.55. The van der Waals surface area contributed by atoms with Gasteiger partial charge >= 0.3 is 6.09 Å². The van der Waals surface area contributed by atoms with Gasteiger partial charge in [-0.25, -0.2) is 4.79 Å². The normalized spacial score (nSPS) is 10.1. The van der Waals surface area contributed by atoms with E-state index in [0.717, 1.165) is 5.56 Å². The second-order valence-electron chi connectivity index (χ2n) is 4.87. The number of benzene rings is 2. The summed E-state index contributed by atoms with van der Waals surface area (Å²) in [4.78, 5) is 11.4. The van der Waals surface area contributed by atoms with Crippen molar-refractivity contribution in [2.45, 2.75) is 20.5 Å². The number of ether oxygens (including phenoxy) is 2. The number of hydrogen-bond acceptors (Lipinski definition) is 4. The first-order chi connectivity index (χ1) is 10.6. The van der Waals surface area contributed by atoms with Crippen molar-refractivity contribution < 1.29 is 14.3 Å². The van der Waals surface area contributed by atoms with E-state index in [-0.39, 0.29) is 0 Å². The Labute approximate surface area is 130 Å². The van der Waals surface area contributed by atoms with Crippen LogP contribution in [-0.4, -0.2) is 12.7 Å². The Morgan fingerprint density at radius 3 is 2.55 bits per heavy atom. The van der Waals surface area contributed by atoms with Gasteiger partial charge in [-0.3, -0.25) is 5.32 Å². The molecule has 0 spiro atoms. The molecule has 0 aliphatic heterocycles. The molecule has 0 saturated carbocycles. The highest BCUT2D eigenvalue weighted by Gasteiger charge is 2.06. The number of nitrogens with two attached hydrogens (primary N) is 1. The fourth-order valence-corrected chi connectivity index (χ4v) is 1.87. The molecule has 0 bridgehead atoms. The lowest BCUT2D eigenvalue weighted by Gasteiger charge is -2.11. The molecule has 0 aromatic heterocycles. The van der Waals surface area contributed by atoms with Crippen LogP contribution in [-0.2, 0) is 11.3 Å². The summed E-state index contributed by atoms with van der Waals surface area (Å²) in [5.41, 5.74) is 9.12. The Balaban J connectivity index is 1.97. The quantitative estimate of drug-likeness (QED) is 0.825. The van der Waals surface area contributed by atoms with Gasteiger partial charge in [0, 0.05) is 6.07 Å². The lowest BCUT2D eigenvalue weighted by molar-refractivity contribution is 0.168. The van der Waals surface area contributed by atoms with Crippen LogP contribution in [0.15, 0.2) is 42.5 Å². The lowest BCUT2D eigenvalue weighted by Crippen LogP contribution is -2.14. The SMILES string of the molecule is CCOC(=O)Nc1ccc(OCc2ccc(C)cc2)cc1N. The van der Waals surface area contributed by atoms with E-state index in [2.05, 4.69) is 5.32 Å². The Bertz CT molecular complexity index is 639. The van der Waals surface area contributed by atoms with Gasteiger partial charge in [0.05, 0.1) is 18.0 Å². The van der Waals surface area contributed by atoms with Gasteiger partial charge in [0.1, 0.15) is 12.4 Å². The van der Waals surface area contributed by atoms with Crippen molar-refractivity contribution >= 4 is 17.5 Å². The minimum atomic E-state index is -0.525. The standard InChI is InChI=1S/C17H20N2O3/c1-3-21-17(20)19-16-9-8-14(10-15(16)18)22-11-13-6-4-12(2)5-7-13/h4-10H,3,11,18H2,1-2H3,(H,19,20). The van der Waals surface area contributed by atoms with Gasteiger partial charge in [-0.1, -0.05) is 29.8 Å². The van der Waals surface area contributed by atoms with E-state index in [1.165, 1.54) is 5.56 Å². The molecule has 5 nitrogen and oxygen atoms in total. The smallest absolute Gasteiger partial charge is 0.411 e. The molecule has 116 valence electrons. The predicted octanol–water partition coefficient (Wildman–Crippen LogP) is 3.72. The summed E-state index contributed by atoms with van der Waals surface area (Å²) in [7, 11) is 0. The fourth-order valence-electron chi connectivity index (χ4n) is 1.87. The molecule has 2 aromatic carbocycles. The van der Waals surface area contributed by atoms with Crippen LogP contribution in [0, 0.1) is 6.92 Å². The monoisotopic (exact) mass is 300 g/mol. The van der Waals surface area contributed by atoms with E-state index in [0.29, 0.717) is 30.3 Å². The zero-order valence-corrected chi connectivity index (χ0v) is 12.8. The van der Waals surface area contributed by atoms with Gasteiger partial charge in [0.25, 0.3) is 0 Å². The van der Waals surface area contributed by atoms with Crippen LogP contribution in [0.25, 0.3) is 0 Å². The molecule has 0 radical (unpaired) electrons. The van der Waals surface area contributed by atoms with Gasteiger partial charge in [-0.05, 0) is 31.5 Å². The molecule has 2 aromatic rings. The number of aryl methyl sites for hydroxylation is 1. The van der Waals surface area contributed by atoms with Crippen molar-refractivity contribution in [3.8, 4) is 5.75 Å². The van der Waals surface area contributed by atoms with E-state index in [1.54, 1.807) is 25.1 Å². The number of carbonyl (C=O) groups is 1. The highest BCUT2D eigenvalue weighted by atomic mass is 16.5. The number of nitrogens with one attached hydrogen (secondary N) is 1. The molecular formula is C17H20N2O3. The van der Waals surface area contributed by atoms with Crippen molar-refractivity contribution in [1.82, 2.24) is 0 Å². The van der Waals surface area contributed by atoms with E-state index in [1.807, 2.05) is 31.2 Å². The third kappa shape index (κ3) is 4.41. The lowest BCUT2D eigenvalue weighted by atomic mass is 10.2. The first kappa shape index (κ1) is 15.7. The second-order valence-corrected chi connectivity index (χ2v) is 4.87. The van der Waals surface area contributed by atoms with Crippen molar-refractivity contribution in [1.29, 1.82) is 0 Å². The Kier molecular flexibility index (Phi) is 5.25. The summed E-state index contributed by atoms with van der Waals surface area (Å²) in [6.07, 6.45) is -0.525. The van der Waals surface area contributed by atoms with Crippen molar-refractivity contribution in [3.05, 3.63) is 53.6 Å². The van der Waals surface area contributed by atoms with Crippen LogP contribution in [0.3, 0.4) is 0 Å². The largest absolute Gasteiger partial charge is 0.489 e. The maximum Gasteiger partial charge on any atom is 0.411 e. The molecule has 0 fully saturated rings. The molecular weight excluding hydrogens is 280 g/mol. The van der Waals surface area contributed by atoms with Gasteiger partial charge < -0.3 is 15.2 Å². The molecule has 0 saturated heterocycles. The molecule has 3 N–H and O–H groups in total. The number of hydrogen-bond donors (Lipinski definition) is 2. The molecule has 0 aliphatic carbocycles. The minimum absolute atomic E-state index is 0.309. The zero-order chi connectivity index (χ0) is 15.9. The maximum absolute atomic E-state index is 11.4. The average molecular weight is 300 g/mol. The van der Waals surface area contributed by atoms with Crippen molar-refractivity contribution in [2.24, 2.45) is 0 Å². The van der Waals surface area contributed by atoms with Crippen LogP contribution in [0.1, 0.15) is 18.1 Å². The van der Waals surface area contributed by atoms with Crippen LogP contribution >= 0.6 is 0 Å². The minimum Gasteiger partial charge on any atom is -0.489 e. The first-order valence-corrected chi connectivity index (χ1v) is 7.10. The highest BCUT2D eigenvalue weighted by Crippen LogP contribution is 2.25. The molecule has 0 aliphatic rings. The number of rotatable bonds is 5. The molecule has 0 heterocycles. The molecule has 0 unspecified atom stereocenters. The fraction of sp³-hybridized carbons (Fsp3) is 0.235. The predicted molar refractivity (Wildman–Crippen MR) is 87.0 cm³/mol. The van der Waals surface area contributed by atoms with Gasteiger partial charge in [-0.15, -0.1) is 0 Å². The average Bonchev–Trinajstić information content (AvgIpc) is 2.49. The molecule has 2 rings (SSSR count). The molecule has 1 amide bonds. The number of carbonyl (C=O) groups excluding carboxylic acids is 1. The Morgan fingerprint density at radius 2 is 1.91 bits per heavy atom. The molecule has 5 heteroatoms. The summed E-state index contributed by atoms with van der Waals surface area (Å²) in [5, 5.41) is 2.58. The van der Waals surface area contributed by atoms with Gasteiger partial charge in [0.2, 0.25) is 0 Å². The number of amides is 1. The van der Waals surface area contributed by atoms with E-state index in [4.69, 9.17) is 15.2 Å². The van der Waals surface area contributed by atoms with Crippen LogP contribution in [0.2, 0.25) is 0 Å². The van der Waals surface area contributed by atoms with E-state index < -0.39 is 6.09 Å².